The fourth-order valence-electron chi connectivity index (χ4n) is 1.74. The number of carbonyl (C=O) groups is 2. The lowest BCUT2D eigenvalue weighted by atomic mass is 10.1. The lowest BCUT2D eigenvalue weighted by Crippen LogP contribution is -2.41. The molecule has 1 atom stereocenters. The fraction of sp³-hybridized carbons (Fsp3) is 0.467. The largest absolute Gasteiger partial charge is 0.467 e. The van der Waals surface area contributed by atoms with Crippen molar-refractivity contribution in [2.24, 2.45) is 0 Å². The van der Waals surface area contributed by atoms with Gasteiger partial charge in [0.1, 0.15) is 12.6 Å². The van der Waals surface area contributed by atoms with E-state index in [4.69, 9.17) is 4.74 Å². The molecule has 5 nitrogen and oxygen atoms in total. The number of hydrogen-bond donors (Lipinski definition) is 1. The van der Waals surface area contributed by atoms with Gasteiger partial charge in [0.05, 0.1) is 7.11 Å². The van der Waals surface area contributed by atoms with Crippen LogP contribution in [0.1, 0.15) is 24.8 Å². The van der Waals surface area contributed by atoms with Gasteiger partial charge in [-0.25, -0.2) is 9.59 Å². The maximum Gasteiger partial charge on any atom is 0.408 e. The minimum atomic E-state index is -0.669. The number of benzene rings is 1. The molecule has 21 heavy (non-hydrogen) atoms. The molecule has 116 valence electrons. The molecule has 1 rings (SSSR count). The second-order valence-corrected chi connectivity index (χ2v) is 5.26. The summed E-state index contributed by atoms with van der Waals surface area (Å²) < 4.78 is 9.78. The van der Waals surface area contributed by atoms with Crippen LogP contribution < -0.4 is 5.32 Å². The average molecular weight is 358 g/mol. The van der Waals surface area contributed by atoms with Gasteiger partial charge in [0.25, 0.3) is 0 Å². The van der Waals surface area contributed by atoms with E-state index in [1.165, 1.54) is 7.11 Å². The van der Waals surface area contributed by atoms with E-state index in [9.17, 15) is 9.59 Å². The number of nitrogens with one attached hydrogen (secondary N) is 1. The number of unbranched alkanes of at least 4 members (excludes halogenated alkanes) is 1. The van der Waals surface area contributed by atoms with Crippen molar-refractivity contribution in [2.75, 3.05) is 12.4 Å². The first-order valence-corrected chi connectivity index (χ1v) is 7.90. The van der Waals surface area contributed by atoms with Crippen LogP contribution in [0, 0.1) is 0 Å². The van der Waals surface area contributed by atoms with Crippen LogP contribution in [0.25, 0.3) is 0 Å². The Balaban J connectivity index is 2.41. The van der Waals surface area contributed by atoms with Crippen molar-refractivity contribution in [2.45, 2.75) is 31.9 Å². The number of amides is 1. The number of rotatable bonds is 8. The van der Waals surface area contributed by atoms with Gasteiger partial charge >= 0.3 is 12.1 Å². The molecule has 1 amide bonds. The fourth-order valence-corrected chi connectivity index (χ4v) is 2.14. The number of hydrogen-bond acceptors (Lipinski definition) is 4. The summed E-state index contributed by atoms with van der Waals surface area (Å²) in [5, 5.41) is 3.41. The summed E-state index contributed by atoms with van der Waals surface area (Å²) in [7, 11) is 1.30. The number of halogens is 1. The molecule has 1 aromatic carbocycles. The molecule has 0 fully saturated rings. The molecule has 6 heteroatoms. The third-order valence-electron chi connectivity index (χ3n) is 2.87. The van der Waals surface area contributed by atoms with E-state index in [0.717, 1.165) is 23.7 Å². The Kier molecular flexibility index (Phi) is 8.50. The predicted molar refractivity (Wildman–Crippen MR) is 83.2 cm³/mol. The second-order valence-electron chi connectivity index (χ2n) is 4.47. The van der Waals surface area contributed by atoms with Crippen molar-refractivity contribution >= 4 is 28.0 Å². The first-order chi connectivity index (χ1) is 10.2. The Hall–Kier alpha value is -1.56. The lowest BCUT2D eigenvalue weighted by Gasteiger charge is -2.16. The van der Waals surface area contributed by atoms with E-state index in [0.29, 0.717) is 6.42 Å². The van der Waals surface area contributed by atoms with Gasteiger partial charge in [-0.2, -0.15) is 0 Å². The summed E-state index contributed by atoms with van der Waals surface area (Å²) in [6, 6.07) is 8.68. The minimum absolute atomic E-state index is 0.169. The molecule has 1 N–H and O–H groups in total. The predicted octanol–water partition coefficient (Wildman–Crippen LogP) is 3.02. The minimum Gasteiger partial charge on any atom is -0.467 e. The molecule has 0 unspecified atom stereocenters. The highest BCUT2D eigenvalue weighted by Crippen LogP contribution is 2.06. The topological polar surface area (TPSA) is 64.6 Å². The van der Waals surface area contributed by atoms with Crippen LogP contribution in [0.15, 0.2) is 30.3 Å². The molecule has 0 saturated heterocycles. The highest BCUT2D eigenvalue weighted by Gasteiger charge is 2.21. The van der Waals surface area contributed by atoms with Crippen LogP contribution in [-0.2, 0) is 20.9 Å². The van der Waals surface area contributed by atoms with Crippen molar-refractivity contribution < 1.29 is 19.1 Å². The number of alkyl carbamates (subject to hydrolysis) is 1. The van der Waals surface area contributed by atoms with Gasteiger partial charge in [-0.05, 0) is 24.8 Å². The van der Waals surface area contributed by atoms with Crippen LogP contribution in [-0.4, -0.2) is 30.5 Å². The smallest absolute Gasteiger partial charge is 0.408 e. The molecular formula is C15H20BrNO4. The molecule has 0 bridgehead atoms. The van der Waals surface area contributed by atoms with Crippen LogP contribution in [0.3, 0.4) is 0 Å². The van der Waals surface area contributed by atoms with E-state index in [1.807, 2.05) is 30.3 Å². The number of alkyl halides is 1. The number of esters is 1. The van der Waals surface area contributed by atoms with Crippen molar-refractivity contribution in [1.29, 1.82) is 0 Å². The Bertz CT molecular complexity index is 439. The summed E-state index contributed by atoms with van der Waals surface area (Å²) in [6.07, 6.45) is 1.64. The Morgan fingerprint density at radius 1 is 1.24 bits per heavy atom. The van der Waals surface area contributed by atoms with E-state index in [1.54, 1.807) is 0 Å². The Morgan fingerprint density at radius 3 is 2.57 bits per heavy atom. The van der Waals surface area contributed by atoms with E-state index >= 15 is 0 Å². The zero-order chi connectivity index (χ0) is 15.5. The van der Waals surface area contributed by atoms with E-state index < -0.39 is 18.1 Å². The maximum absolute atomic E-state index is 11.7. The zero-order valence-electron chi connectivity index (χ0n) is 12.0. The van der Waals surface area contributed by atoms with Gasteiger partial charge in [-0.3, -0.25) is 0 Å². The van der Waals surface area contributed by atoms with Gasteiger partial charge in [0, 0.05) is 5.33 Å². The second kappa shape index (κ2) is 10.2. The van der Waals surface area contributed by atoms with Crippen molar-refractivity contribution in [3.05, 3.63) is 35.9 Å². The molecule has 0 aromatic heterocycles. The average Bonchev–Trinajstić information content (AvgIpc) is 2.52. The summed E-state index contributed by atoms with van der Waals surface area (Å²) in [6.45, 7) is 0.169. The van der Waals surface area contributed by atoms with Gasteiger partial charge in [0.15, 0.2) is 0 Å². The zero-order valence-corrected chi connectivity index (χ0v) is 13.6. The molecule has 1 aromatic rings. The summed E-state index contributed by atoms with van der Waals surface area (Å²) in [5.41, 5.74) is 0.890. The highest BCUT2D eigenvalue weighted by atomic mass is 79.9. The molecule has 0 radical (unpaired) electrons. The first kappa shape index (κ1) is 17.5. The molecule has 0 aliphatic rings. The van der Waals surface area contributed by atoms with Crippen molar-refractivity contribution in [3.63, 3.8) is 0 Å². The molecule has 0 spiro atoms. The summed E-state index contributed by atoms with van der Waals surface area (Å²) in [5.74, 6) is -0.457. The van der Waals surface area contributed by atoms with Gasteiger partial charge in [-0.15, -0.1) is 0 Å². The number of methoxy groups -OCH3 is 1. The number of carbonyl (C=O) groups excluding carboxylic acids is 2. The van der Waals surface area contributed by atoms with Crippen molar-refractivity contribution in [3.8, 4) is 0 Å². The van der Waals surface area contributed by atoms with Crippen LogP contribution >= 0.6 is 15.9 Å². The van der Waals surface area contributed by atoms with Gasteiger partial charge in [0.2, 0.25) is 0 Å². The monoisotopic (exact) mass is 357 g/mol. The quantitative estimate of drug-likeness (QED) is 0.441. The van der Waals surface area contributed by atoms with Crippen LogP contribution in [0.2, 0.25) is 0 Å². The standard InChI is InChI=1S/C15H20BrNO4/c1-20-14(18)13(9-5-6-10-16)17-15(19)21-11-12-7-3-2-4-8-12/h2-4,7-8,13H,5-6,9-11H2,1H3,(H,17,19)/t13-/m0/s1. The summed E-state index contributed by atoms with van der Waals surface area (Å²) in [4.78, 5) is 23.3. The van der Waals surface area contributed by atoms with Crippen molar-refractivity contribution in [1.82, 2.24) is 5.32 Å². The van der Waals surface area contributed by atoms with E-state index in [2.05, 4.69) is 26.0 Å². The third-order valence-corrected chi connectivity index (χ3v) is 3.43. The van der Waals surface area contributed by atoms with Gasteiger partial charge in [-0.1, -0.05) is 46.3 Å². The molecule has 0 heterocycles. The summed E-state index contributed by atoms with van der Waals surface area (Å²) >= 11 is 3.33. The first-order valence-electron chi connectivity index (χ1n) is 6.78. The normalized spacial score (nSPS) is 11.5. The van der Waals surface area contributed by atoms with Crippen LogP contribution in [0.5, 0.6) is 0 Å². The molecular weight excluding hydrogens is 338 g/mol. The Morgan fingerprint density at radius 2 is 1.95 bits per heavy atom. The Labute approximate surface area is 133 Å². The number of ether oxygens (including phenoxy) is 2. The third kappa shape index (κ3) is 7.13. The molecule has 0 saturated carbocycles. The lowest BCUT2D eigenvalue weighted by molar-refractivity contribution is -0.143. The maximum atomic E-state index is 11.7. The highest BCUT2D eigenvalue weighted by molar-refractivity contribution is 9.09. The van der Waals surface area contributed by atoms with Gasteiger partial charge < -0.3 is 14.8 Å². The molecule has 0 aliphatic heterocycles. The molecule has 0 aliphatic carbocycles. The van der Waals surface area contributed by atoms with E-state index in [-0.39, 0.29) is 6.61 Å². The SMILES string of the molecule is COC(=O)[C@H](CCCCBr)NC(=O)OCc1ccccc1. The van der Waals surface area contributed by atoms with Crippen LogP contribution in [0.4, 0.5) is 4.79 Å².